The molecule has 1 aromatic heterocycles. The fourth-order valence-electron chi connectivity index (χ4n) is 0.556. The van der Waals surface area contributed by atoms with Crippen molar-refractivity contribution in [3.8, 4) is 5.88 Å². The lowest BCUT2D eigenvalue weighted by atomic mass is 10.5. The molecule has 0 aliphatic heterocycles. The summed E-state index contributed by atoms with van der Waals surface area (Å²) in [4.78, 5) is 3.21. The van der Waals surface area contributed by atoms with Gasteiger partial charge < -0.3 is 14.9 Å². The summed E-state index contributed by atoms with van der Waals surface area (Å²) in [5.41, 5.74) is 0. The lowest BCUT2D eigenvalue weighted by molar-refractivity contribution is -0.376. The molecule has 0 radical (unpaired) electrons. The van der Waals surface area contributed by atoms with Gasteiger partial charge in [0.15, 0.2) is 0 Å². The van der Waals surface area contributed by atoms with E-state index in [0.29, 0.717) is 0 Å². The summed E-state index contributed by atoms with van der Waals surface area (Å²) in [6.07, 6.45) is -3.04. The number of ether oxygens (including phenoxy) is 1. The maximum atomic E-state index is 12.2. The van der Waals surface area contributed by atoms with Gasteiger partial charge in [-0.3, -0.25) is 0 Å². The van der Waals surface area contributed by atoms with Gasteiger partial charge in [-0.1, -0.05) is 0 Å². The first-order chi connectivity index (χ1) is 5.47. The average molecular weight is 177 g/mol. The topological polar surface area (TPSA) is 62.6 Å². The van der Waals surface area contributed by atoms with Crippen LogP contribution in [0, 0.1) is 5.82 Å². The van der Waals surface area contributed by atoms with Crippen molar-refractivity contribution in [2.24, 2.45) is 0 Å². The molecule has 66 valence electrons. The molecule has 1 heterocycles. The second-order valence-corrected chi connectivity index (χ2v) is 1.95. The second-order valence-electron chi connectivity index (χ2n) is 1.95. The highest BCUT2D eigenvalue weighted by Crippen LogP contribution is 2.12. The normalized spacial score (nSPS) is 11.3. The number of pyridine rings is 1. The summed E-state index contributed by atoms with van der Waals surface area (Å²) >= 11 is 0. The molecule has 0 saturated carbocycles. The van der Waals surface area contributed by atoms with E-state index in [-0.39, 0.29) is 0 Å². The van der Waals surface area contributed by atoms with E-state index in [9.17, 15) is 8.78 Å². The Morgan fingerprint density at radius 1 is 1.42 bits per heavy atom. The highest BCUT2D eigenvalue weighted by Gasteiger charge is 2.24. The van der Waals surface area contributed by atoms with Crippen molar-refractivity contribution >= 4 is 0 Å². The molecule has 1 aromatic rings. The molecule has 0 aromatic carbocycles. The first kappa shape index (κ1) is 8.82. The van der Waals surface area contributed by atoms with Crippen molar-refractivity contribution in [3.63, 3.8) is 0 Å². The van der Waals surface area contributed by atoms with Gasteiger partial charge in [-0.15, -0.1) is 4.39 Å². The number of hydrogen-bond acceptors (Lipinski definition) is 4. The summed E-state index contributed by atoms with van der Waals surface area (Å²) in [6, 6.07) is 1.89. The molecule has 4 nitrogen and oxygen atoms in total. The standard InChI is InChI=1S/C6H5F2NO3/c7-4-1-2-5(9-3-4)12-6(8,10)11/h1-3,10-11H. The van der Waals surface area contributed by atoms with Crippen LogP contribution in [0.5, 0.6) is 5.88 Å². The van der Waals surface area contributed by atoms with Crippen molar-refractivity contribution in [1.82, 2.24) is 4.98 Å². The molecule has 0 amide bonds. The molecule has 0 bridgehead atoms. The van der Waals surface area contributed by atoms with E-state index in [2.05, 4.69) is 9.72 Å². The quantitative estimate of drug-likeness (QED) is 0.632. The minimum absolute atomic E-state index is 0.427. The van der Waals surface area contributed by atoms with Crippen LogP contribution in [0.4, 0.5) is 8.78 Å². The van der Waals surface area contributed by atoms with Crippen LogP contribution < -0.4 is 4.74 Å². The monoisotopic (exact) mass is 177 g/mol. The Morgan fingerprint density at radius 2 is 2.08 bits per heavy atom. The fraction of sp³-hybridized carbons (Fsp3) is 0.167. The molecule has 1 rings (SSSR count). The maximum Gasteiger partial charge on any atom is 0.493 e. The molecule has 0 spiro atoms. The van der Waals surface area contributed by atoms with Crippen molar-refractivity contribution < 1.29 is 23.7 Å². The third kappa shape index (κ3) is 2.77. The molecule has 2 N–H and O–H groups in total. The van der Waals surface area contributed by atoms with Crippen LogP contribution in [0.1, 0.15) is 0 Å². The minimum Gasteiger partial charge on any atom is -0.395 e. The molecule has 6 heteroatoms. The summed E-state index contributed by atoms with van der Waals surface area (Å²) in [7, 11) is 0. The van der Waals surface area contributed by atoms with Gasteiger partial charge in [0.05, 0.1) is 6.20 Å². The lowest BCUT2D eigenvalue weighted by Gasteiger charge is -2.11. The highest BCUT2D eigenvalue weighted by atomic mass is 19.2. The Kier molecular flexibility index (Phi) is 2.20. The number of hydrogen-bond donors (Lipinski definition) is 2. The Hall–Kier alpha value is -1.27. The molecule has 0 aliphatic rings. The lowest BCUT2D eigenvalue weighted by Crippen LogP contribution is -2.29. The van der Waals surface area contributed by atoms with E-state index in [1.807, 2.05) is 0 Å². The molecule has 0 unspecified atom stereocenters. The zero-order valence-corrected chi connectivity index (χ0v) is 5.74. The predicted octanol–water partition coefficient (Wildman–Crippen LogP) is 0.165. The van der Waals surface area contributed by atoms with Gasteiger partial charge in [-0.25, -0.2) is 9.37 Å². The zero-order chi connectivity index (χ0) is 9.19. The molecule has 0 fully saturated rings. The van der Waals surface area contributed by atoms with Gasteiger partial charge in [0.1, 0.15) is 5.82 Å². The van der Waals surface area contributed by atoms with Gasteiger partial charge >= 0.3 is 6.23 Å². The van der Waals surface area contributed by atoms with Crippen molar-refractivity contribution in [1.29, 1.82) is 0 Å². The number of nitrogens with zero attached hydrogens (tertiary/aromatic N) is 1. The highest BCUT2D eigenvalue weighted by molar-refractivity contribution is 5.10. The smallest absolute Gasteiger partial charge is 0.395 e. The van der Waals surface area contributed by atoms with E-state index >= 15 is 0 Å². The van der Waals surface area contributed by atoms with Crippen LogP contribution in [0.2, 0.25) is 0 Å². The van der Waals surface area contributed by atoms with Crippen LogP contribution in [-0.4, -0.2) is 21.4 Å². The number of halogens is 2. The van der Waals surface area contributed by atoms with E-state index < -0.39 is 17.9 Å². The van der Waals surface area contributed by atoms with Gasteiger partial charge in [0.2, 0.25) is 5.88 Å². The van der Waals surface area contributed by atoms with Gasteiger partial charge in [-0.05, 0) is 6.07 Å². The van der Waals surface area contributed by atoms with Crippen molar-refractivity contribution in [2.45, 2.75) is 6.23 Å². The van der Waals surface area contributed by atoms with Crippen LogP contribution in [0.3, 0.4) is 0 Å². The molecule has 0 saturated heterocycles. The van der Waals surface area contributed by atoms with E-state index in [1.54, 1.807) is 0 Å². The number of alkyl halides is 1. The summed E-state index contributed by atoms with van der Waals surface area (Å²) in [5.74, 6) is -1.06. The number of aliphatic hydroxyl groups is 2. The van der Waals surface area contributed by atoms with Crippen LogP contribution in [0.25, 0.3) is 0 Å². The summed E-state index contributed by atoms with van der Waals surface area (Å²) < 4.78 is 27.9. The summed E-state index contributed by atoms with van der Waals surface area (Å²) in [5, 5.41) is 16.1. The SMILES string of the molecule is OC(O)(F)Oc1ccc(F)cn1. The van der Waals surface area contributed by atoms with E-state index in [4.69, 9.17) is 10.2 Å². The molecular formula is C6H5F2NO3. The first-order valence-corrected chi connectivity index (χ1v) is 2.91. The molecule has 0 aliphatic carbocycles. The zero-order valence-electron chi connectivity index (χ0n) is 5.74. The van der Waals surface area contributed by atoms with Gasteiger partial charge in [0, 0.05) is 6.07 Å². The average Bonchev–Trinajstić information content (AvgIpc) is 1.91. The van der Waals surface area contributed by atoms with Crippen molar-refractivity contribution in [3.05, 3.63) is 24.1 Å². The summed E-state index contributed by atoms with van der Waals surface area (Å²) in [6.45, 7) is 0. The third-order valence-electron chi connectivity index (χ3n) is 0.935. The Bertz CT molecular complexity index is 256. The molecule has 0 atom stereocenters. The van der Waals surface area contributed by atoms with Crippen molar-refractivity contribution in [2.75, 3.05) is 0 Å². The van der Waals surface area contributed by atoms with E-state index in [0.717, 1.165) is 18.3 Å². The first-order valence-electron chi connectivity index (χ1n) is 2.91. The number of aromatic nitrogens is 1. The number of rotatable bonds is 2. The second kappa shape index (κ2) is 3.00. The Balaban J connectivity index is 2.71. The van der Waals surface area contributed by atoms with Gasteiger partial charge in [-0.2, -0.15) is 0 Å². The van der Waals surface area contributed by atoms with Crippen LogP contribution in [0.15, 0.2) is 18.3 Å². The maximum absolute atomic E-state index is 12.2. The van der Waals surface area contributed by atoms with Crippen LogP contribution >= 0.6 is 0 Å². The predicted molar refractivity (Wildman–Crippen MR) is 33.1 cm³/mol. The Morgan fingerprint density at radius 3 is 2.50 bits per heavy atom. The Labute approximate surface area is 66.0 Å². The molecular weight excluding hydrogens is 172 g/mol. The third-order valence-corrected chi connectivity index (χ3v) is 0.935. The molecule has 12 heavy (non-hydrogen) atoms. The minimum atomic E-state index is -3.79. The fourth-order valence-corrected chi connectivity index (χ4v) is 0.556. The van der Waals surface area contributed by atoms with Crippen LogP contribution in [-0.2, 0) is 0 Å². The largest absolute Gasteiger partial charge is 0.493 e. The van der Waals surface area contributed by atoms with E-state index in [1.165, 1.54) is 0 Å². The van der Waals surface area contributed by atoms with Gasteiger partial charge in [0.25, 0.3) is 0 Å².